The number of benzene rings is 1. The number of carbonyl (C=O) groups excluding carboxylic acids is 1. The number of anilines is 1. The minimum absolute atomic E-state index is 0. The number of nitrogen functional groups attached to an aromatic ring is 1. The van der Waals surface area contributed by atoms with Gasteiger partial charge < -0.3 is 31.7 Å². The molecule has 0 aromatic heterocycles. The van der Waals surface area contributed by atoms with Gasteiger partial charge in [-0.1, -0.05) is 32.9 Å². The number of carboxylic acid groups (broad SMARTS) is 1. The molecular formula is C20H35N4O4S2Y-. The average Bonchev–Trinajstić information content (AvgIpc) is 2.59. The molecule has 7 N–H and O–H groups in total. The number of nitrogens with zero attached hydrogens (tertiary/aromatic N) is 1. The van der Waals surface area contributed by atoms with Crippen molar-refractivity contribution in [3.63, 3.8) is 0 Å². The standard InChI is InChI=1S/C9H16N3O3S.C7H9NO.C4H10S.Y/c10-6(9(14)15)3-1-2-4-11-8(13)7-5-16-12-7;8-7-3-1-6(5-9)2-4-7;1-4(2,3)5;/h6-7H,1-5,10H2,(H,11,13)(H,14,15);1-4,9H,5,8H2;5H,1-3H3;/q-1;;;. The van der Waals surface area contributed by atoms with E-state index < -0.39 is 12.0 Å². The van der Waals surface area contributed by atoms with Crippen LogP contribution in [0.1, 0.15) is 45.6 Å². The van der Waals surface area contributed by atoms with Crippen molar-refractivity contribution in [2.75, 3.05) is 18.0 Å². The molecule has 1 aromatic rings. The number of aliphatic hydroxyl groups is 1. The number of aliphatic carboxylic acids is 1. The zero-order valence-electron chi connectivity index (χ0n) is 18.5. The van der Waals surface area contributed by atoms with Crippen molar-refractivity contribution >= 4 is 42.1 Å². The first-order valence-corrected chi connectivity index (χ1v) is 11.1. The number of unbranched alkanes of at least 4 members (excludes halogenated alkanes) is 1. The summed E-state index contributed by atoms with van der Waals surface area (Å²) in [7, 11) is 0. The van der Waals surface area contributed by atoms with Crippen molar-refractivity contribution in [1.29, 1.82) is 0 Å². The van der Waals surface area contributed by atoms with Gasteiger partial charge in [-0.3, -0.25) is 21.5 Å². The number of amides is 1. The molecule has 1 amide bonds. The van der Waals surface area contributed by atoms with E-state index in [0.29, 0.717) is 19.4 Å². The van der Waals surface area contributed by atoms with Gasteiger partial charge in [0.1, 0.15) is 6.04 Å². The number of nitrogens with one attached hydrogen (secondary N) is 1. The van der Waals surface area contributed by atoms with Gasteiger partial charge in [-0.05, 0) is 48.8 Å². The summed E-state index contributed by atoms with van der Waals surface area (Å²) in [6.07, 6.45) is 1.88. The largest absolute Gasteiger partial charge is 0.595 e. The molecule has 1 saturated heterocycles. The van der Waals surface area contributed by atoms with Crippen LogP contribution in [0.3, 0.4) is 0 Å². The van der Waals surface area contributed by atoms with Gasteiger partial charge in [-0.2, -0.15) is 12.6 Å². The summed E-state index contributed by atoms with van der Waals surface area (Å²) in [4.78, 5) is 21.7. The SMILES string of the molecule is CC(C)(C)S.NC(CCCCNC(=O)C1CS[N-]1)C(=O)O.Nc1ccc(CO)cc1.[Y]. The summed E-state index contributed by atoms with van der Waals surface area (Å²) in [6.45, 7) is 6.80. The normalized spacial score (nSPS) is 15.5. The minimum Gasteiger partial charge on any atom is -0.595 e. The van der Waals surface area contributed by atoms with E-state index in [0.717, 1.165) is 23.4 Å². The average molecular weight is 549 g/mol. The molecule has 2 rings (SSSR count). The Morgan fingerprint density at radius 1 is 1.29 bits per heavy atom. The number of nitrogens with two attached hydrogens (primary N) is 2. The molecule has 8 nitrogen and oxygen atoms in total. The molecule has 1 fully saturated rings. The van der Waals surface area contributed by atoms with Crippen LogP contribution in [0.2, 0.25) is 0 Å². The fourth-order valence-electron chi connectivity index (χ4n) is 1.84. The van der Waals surface area contributed by atoms with Gasteiger partial charge in [-0.25, -0.2) is 0 Å². The first-order valence-electron chi connectivity index (χ1n) is 9.70. The molecule has 1 radical (unpaired) electrons. The molecule has 31 heavy (non-hydrogen) atoms. The number of hydrogen-bond donors (Lipinski definition) is 6. The van der Waals surface area contributed by atoms with E-state index in [4.69, 9.17) is 21.7 Å². The molecule has 2 unspecified atom stereocenters. The Morgan fingerprint density at radius 2 is 1.81 bits per heavy atom. The second-order valence-corrected chi connectivity index (χ2v) is 9.86. The summed E-state index contributed by atoms with van der Waals surface area (Å²) in [5, 5.41) is 19.9. The number of carboxylic acids is 1. The third-order valence-corrected chi connectivity index (χ3v) is 4.33. The molecule has 1 aliphatic heterocycles. The summed E-state index contributed by atoms with van der Waals surface area (Å²) in [6, 6.07) is 6.15. The van der Waals surface area contributed by atoms with Gasteiger partial charge in [0.2, 0.25) is 5.91 Å². The molecule has 1 aromatic carbocycles. The maximum atomic E-state index is 11.3. The van der Waals surface area contributed by atoms with Crippen LogP contribution in [0.25, 0.3) is 4.72 Å². The number of carbonyl (C=O) groups is 2. The molecule has 0 aliphatic carbocycles. The molecule has 1 heterocycles. The van der Waals surface area contributed by atoms with Gasteiger partial charge in [0, 0.05) is 49.7 Å². The Hall–Kier alpha value is -0.356. The predicted octanol–water partition coefficient (Wildman–Crippen LogP) is 2.56. The van der Waals surface area contributed by atoms with Gasteiger partial charge in [0.15, 0.2) is 0 Å². The quantitative estimate of drug-likeness (QED) is 0.126. The van der Waals surface area contributed by atoms with Crippen molar-refractivity contribution in [2.24, 2.45) is 5.73 Å². The topological polar surface area (TPSA) is 153 Å². The van der Waals surface area contributed by atoms with Crippen LogP contribution >= 0.6 is 24.6 Å². The molecule has 0 spiro atoms. The zero-order valence-corrected chi connectivity index (χ0v) is 23.0. The first kappa shape index (κ1) is 32.8. The molecule has 0 bridgehead atoms. The van der Waals surface area contributed by atoms with Crippen LogP contribution in [-0.2, 0) is 48.9 Å². The fourth-order valence-corrected chi connectivity index (χ4v) is 2.38. The molecule has 11 heteroatoms. The van der Waals surface area contributed by atoms with E-state index in [9.17, 15) is 9.59 Å². The van der Waals surface area contributed by atoms with Gasteiger partial charge in [0.25, 0.3) is 0 Å². The van der Waals surface area contributed by atoms with Crippen LogP contribution in [-0.4, -0.2) is 51.2 Å². The van der Waals surface area contributed by atoms with E-state index >= 15 is 0 Å². The number of rotatable bonds is 8. The van der Waals surface area contributed by atoms with Crippen LogP contribution in [0.15, 0.2) is 24.3 Å². The van der Waals surface area contributed by atoms with Crippen LogP contribution in [0.4, 0.5) is 5.69 Å². The molecule has 175 valence electrons. The third kappa shape index (κ3) is 20.0. The minimum atomic E-state index is -0.977. The third-order valence-electron chi connectivity index (χ3n) is 3.46. The van der Waals surface area contributed by atoms with Crippen molar-refractivity contribution in [3.8, 4) is 0 Å². The predicted molar refractivity (Wildman–Crippen MR) is 128 cm³/mol. The van der Waals surface area contributed by atoms with Crippen molar-refractivity contribution in [3.05, 3.63) is 34.6 Å². The van der Waals surface area contributed by atoms with Crippen LogP contribution in [0, 0.1) is 0 Å². The summed E-state index contributed by atoms with van der Waals surface area (Å²) in [5.41, 5.74) is 12.4. The van der Waals surface area contributed by atoms with Crippen molar-refractivity contribution in [2.45, 2.75) is 63.5 Å². The second kappa shape index (κ2) is 18.1. The second-order valence-electron chi connectivity index (χ2n) is 7.72. The van der Waals surface area contributed by atoms with E-state index in [2.05, 4.69) is 43.4 Å². The molecule has 1 aliphatic rings. The monoisotopic (exact) mass is 548 g/mol. The molecular weight excluding hydrogens is 513 g/mol. The van der Waals surface area contributed by atoms with Crippen molar-refractivity contribution in [1.82, 2.24) is 5.32 Å². The smallest absolute Gasteiger partial charge is 0.320 e. The Morgan fingerprint density at radius 3 is 2.19 bits per heavy atom. The Labute approximate surface area is 220 Å². The first-order chi connectivity index (χ1) is 13.9. The Balaban J connectivity index is 0. The number of hydrogen-bond acceptors (Lipinski definition) is 7. The van der Waals surface area contributed by atoms with Crippen LogP contribution < -0.4 is 16.8 Å². The maximum Gasteiger partial charge on any atom is 0.320 e. The summed E-state index contributed by atoms with van der Waals surface area (Å²) < 4.78 is 4.12. The Bertz CT molecular complexity index is 621. The van der Waals surface area contributed by atoms with Crippen LogP contribution in [0.5, 0.6) is 0 Å². The summed E-state index contributed by atoms with van der Waals surface area (Å²) in [5.74, 6) is -0.258. The van der Waals surface area contributed by atoms with E-state index in [1.807, 2.05) is 0 Å². The van der Waals surface area contributed by atoms with Gasteiger partial charge >= 0.3 is 5.97 Å². The maximum absolute atomic E-state index is 11.3. The zero-order chi connectivity index (χ0) is 23.2. The van der Waals surface area contributed by atoms with Gasteiger partial charge in [0.05, 0.1) is 6.61 Å². The molecule has 2 atom stereocenters. The number of aliphatic hydroxyl groups excluding tert-OH is 1. The Kier molecular flexibility index (Phi) is 19.2. The van der Waals surface area contributed by atoms with E-state index in [-0.39, 0.29) is 56.0 Å². The van der Waals surface area contributed by atoms with Gasteiger partial charge in [-0.15, -0.1) is 0 Å². The van der Waals surface area contributed by atoms with Crippen molar-refractivity contribution < 1.29 is 52.5 Å². The van der Waals surface area contributed by atoms with E-state index in [1.54, 1.807) is 24.3 Å². The van der Waals surface area contributed by atoms with E-state index in [1.165, 1.54) is 11.9 Å². The summed E-state index contributed by atoms with van der Waals surface area (Å²) >= 11 is 5.53. The fraction of sp³-hybridized carbons (Fsp3) is 0.600. The molecule has 0 saturated carbocycles. The number of thiol groups is 1.